The second kappa shape index (κ2) is 12.2. The van der Waals surface area contributed by atoms with E-state index < -0.39 is 12.5 Å². The van der Waals surface area contributed by atoms with E-state index in [0.29, 0.717) is 25.6 Å². The summed E-state index contributed by atoms with van der Waals surface area (Å²) in [5.74, 6) is 0.694. The summed E-state index contributed by atoms with van der Waals surface area (Å²) in [4.78, 5) is 26.5. The molecule has 0 bridgehead atoms. The molecule has 1 aliphatic rings. The molecule has 1 aliphatic heterocycles. The third-order valence-electron chi connectivity index (χ3n) is 5.76. The van der Waals surface area contributed by atoms with Crippen LogP contribution in [0.15, 0.2) is 48.5 Å². The molecule has 0 spiro atoms. The zero-order chi connectivity index (χ0) is 23.6. The van der Waals surface area contributed by atoms with Crippen molar-refractivity contribution in [2.45, 2.75) is 39.2 Å². The van der Waals surface area contributed by atoms with E-state index in [-0.39, 0.29) is 23.8 Å². The van der Waals surface area contributed by atoms with Gasteiger partial charge in [0.15, 0.2) is 0 Å². The number of piperidine rings is 1. The molecule has 33 heavy (non-hydrogen) atoms. The second-order valence-electron chi connectivity index (χ2n) is 8.03. The first kappa shape index (κ1) is 24.5. The molecule has 178 valence electrons. The lowest BCUT2D eigenvalue weighted by Gasteiger charge is -2.32. The van der Waals surface area contributed by atoms with Crippen LogP contribution in [0.1, 0.15) is 42.1 Å². The van der Waals surface area contributed by atoms with Gasteiger partial charge in [0.1, 0.15) is 11.5 Å². The Hall–Kier alpha value is -3.16. The molecule has 1 fully saturated rings. The lowest BCUT2D eigenvalue weighted by atomic mass is 9.90. The zero-order valence-electron chi connectivity index (χ0n) is 18.8. The Morgan fingerprint density at radius 3 is 2.48 bits per heavy atom. The van der Waals surface area contributed by atoms with Gasteiger partial charge in [0.25, 0.3) is 5.91 Å². The minimum absolute atomic E-state index is 0.101. The van der Waals surface area contributed by atoms with E-state index in [2.05, 4.69) is 22.2 Å². The van der Waals surface area contributed by atoms with Gasteiger partial charge in [-0.1, -0.05) is 18.2 Å². The molecule has 0 aliphatic carbocycles. The summed E-state index contributed by atoms with van der Waals surface area (Å²) in [6, 6.07) is 13.7. The molecule has 1 saturated heterocycles. The van der Waals surface area contributed by atoms with Crippen LogP contribution in [0.25, 0.3) is 0 Å². The van der Waals surface area contributed by atoms with Gasteiger partial charge < -0.3 is 19.7 Å². The monoisotopic (exact) mass is 460 g/mol. The summed E-state index contributed by atoms with van der Waals surface area (Å²) in [6.07, 6.45) is 3.94. The highest BCUT2D eigenvalue weighted by molar-refractivity contribution is 5.96. The quantitative estimate of drug-likeness (QED) is 0.575. The van der Waals surface area contributed by atoms with Crippen molar-refractivity contribution in [2.75, 3.05) is 26.2 Å². The van der Waals surface area contributed by atoms with Gasteiger partial charge >= 0.3 is 6.61 Å². The fourth-order valence-electron chi connectivity index (χ4n) is 3.94. The van der Waals surface area contributed by atoms with E-state index in [1.807, 2.05) is 19.1 Å². The number of alkyl halides is 2. The number of hydrogen-bond acceptors (Lipinski definition) is 4. The van der Waals surface area contributed by atoms with Crippen molar-refractivity contribution in [3.8, 4) is 11.5 Å². The predicted molar refractivity (Wildman–Crippen MR) is 121 cm³/mol. The summed E-state index contributed by atoms with van der Waals surface area (Å²) >= 11 is 0. The van der Waals surface area contributed by atoms with Crippen LogP contribution < -0.4 is 14.8 Å². The van der Waals surface area contributed by atoms with Crippen LogP contribution in [-0.4, -0.2) is 49.6 Å². The maximum atomic E-state index is 12.5. The highest BCUT2D eigenvalue weighted by atomic mass is 19.3. The minimum Gasteiger partial charge on any atom is -0.494 e. The number of ether oxygens (including phenoxy) is 2. The Labute approximate surface area is 192 Å². The molecule has 1 N–H and O–H groups in total. The Kier molecular flexibility index (Phi) is 9.04. The molecule has 3 rings (SSSR count). The van der Waals surface area contributed by atoms with Gasteiger partial charge in [0, 0.05) is 18.7 Å². The molecular formula is C25H30F2N2O4. The fourth-order valence-corrected chi connectivity index (χ4v) is 3.94. The first-order chi connectivity index (χ1) is 15.9. The standard InChI is InChI=1S/C25H30F2N2O4/c1-2-32-21-10-8-18(9-11-21)6-7-19-12-14-29(15-13-19)23(30)17-28-24(31)20-4-3-5-22(16-20)33-25(26)27/h3-5,8-11,16,19,25H,2,6-7,12-15,17H2,1H3,(H,28,31). The SMILES string of the molecule is CCOc1ccc(CCC2CCN(C(=O)CNC(=O)c3cccc(OC(F)F)c3)CC2)cc1. The van der Waals surface area contributed by atoms with Crippen LogP contribution in [-0.2, 0) is 11.2 Å². The highest BCUT2D eigenvalue weighted by Crippen LogP contribution is 2.23. The van der Waals surface area contributed by atoms with Crippen LogP contribution in [0.3, 0.4) is 0 Å². The molecule has 2 amide bonds. The van der Waals surface area contributed by atoms with E-state index in [1.54, 1.807) is 4.90 Å². The van der Waals surface area contributed by atoms with Gasteiger partial charge in [-0.3, -0.25) is 9.59 Å². The average Bonchev–Trinajstić information content (AvgIpc) is 2.82. The van der Waals surface area contributed by atoms with Crippen molar-refractivity contribution in [2.24, 2.45) is 5.92 Å². The van der Waals surface area contributed by atoms with Crippen molar-refractivity contribution in [3.05, 3.63) is 59.7 Å². The molecule has 8 heteroatoms. The normalized spacial score (nSPS) is 14.2. The smallest absolute Gasteiger partial charge is 0.387 e. The number of carbonyl (C=O) groups is 2. The maximum Gasteiger partial charge on any atom is 0.387 e. The number of benzene rings is 2. The number of halogens is 2. The average molecular weight is 461 g/mol. The predicted octanol–water partition coefficient (Wildman–Crippen LogP) is 4.29. The van der Waals surface area contributed by atoms with Crippen LogP contribution >= 0.6 is 0 Å². The van der Waals surface area contributed by atoms with E-state index >= 15 is 0 Å². The van der Waals surface area contributed by atoms with Gasteiger partial charge in [0.2, 0.25) is 5.91 Å². The first-order valence-electron chi connectivity index (χ1n) is 11.3. The van der Waals surface area contributed by atoms with Crippen LogP contribution in [0.4, 0.5) is 8.78 Å². The summed E-state index contributed by atoms with van der Waals surface area (Å²) < 4.78 is 34.5. The Morgan fingerprint density at radius 1 is 1.09 bits per heavy atom. The lowest BCUT2D eigenvalue weighted by molar-refractivity contribution is -0.131. The molecule has 6 nitrogen and oxygen atoms in total. The van der Waals surface area contributed by atoms with E-state index in [9.17, 15) is 18.4 Å². The minimum atomic E-state index is -2.96. The second-order valence-corrected chi connectivity index (χ2v) is 8.03. The maximum absolute atomic E-state index is 12.5. The van der Waals surface area contributed by atoms with Crippen LogP contribution in [0.2, 0.25) is 0 Å². The number of rotatable bonds is 10. The Balaban J connectivity index is 1.38. The molecule has 0 saturated carbocycles. The van der Waals surface area contributed by atoms with Crippen molar-refractivity contribution in [1.82, 2.24) is 10.2 Å². The van der Waals surface area contributed by atoms with Gasteiger partial charge in [-0.05, 0) is 74.4 Å². The van der Waals surface area contributed by atoms with Crippen molar-refractivity contribution in [3.63, 3.8) is 0 Å². The van der Waals surface area contributed by atoms with Gasteiger partial charge in [-0.15, -0.1) is 0 Å². The third kappa shape index (κ3) is 7.73. The Morgan fingerprint density at radius 2 is 1.82 bits per heavy atom. The number of aryl methyl sites for hydroxylation is 1. The van der Waals surface area contributed by atoms with Crippen molar-refractivity contribution < 1.29 is 27.8 Å². The fraction of sp³-hybridized carbons (Fsp3) is 0.440. The van der Waals surface area contributed by atoms with Crippen molar-refractivity contribution in [1.29, 1.82) is 0 Å². The van der Waals surface area contributed by atoms with Gasteiger partial charge in [-0.25, -0.2) is 0 Å². The van der Waals surface area contributed by atoms with Crippen LogP contribution in [0, 0.1) is 5.92 Å². The molecule has 2 aromatic rings. The molecule has 0 unspecified atom stereocenters. The van der Waals surface area contributed by atoms with Crippen molar-refractivity contribution >= 4 is 11.8 Å². The number of likely N-dealkylation sites (tertiary alicyclic amines) is 1. The largest absolute Gasteiger partial charge is 0.494 e. The zero-order valence-corrected chi connectivity index (χ0v) is 18.8. The summed E-state index contributed by atoms with van der Waals surface area (Å²) in [5.41, 5.74) is 1.44. The number of carbonyl (C=O) groups excluding carboxylic acids is 2. The summed E-state index contributed by atoms with van der Waals surface area (Å²) in [7, 11) is 0. The number of amides is 2. The topological polar surface area (TPSA) is 67.9 Å². The van der Waals surface area contributed by atoms with E-state index in [4.69, 9.17) is 4.74 Å². The highest BCUT2D eigenvalue weighted by Gasteiger charge is 2.23. The lowest BCUT2D eigenvalue weighted by Crippen LogP contribution is -2.44. The molecule has 0 aromatic heterocycles. The molecule has 0 radical (unpaired) electrons. The number of nitrogens with zero attached hydrogens (tertiary/aromatic N) is 1. The van der Waals surface area contributed by atoms with Crippen LogP contribution in [0.5, 0.6) is 11.5 Å². The molecular weight excluding hydrogens is 430 g/mol. The number of hydrogen-bond donors (Lipinski definition) is 1. The first-order valence-corrected chi connectivity index (χ1v) is 11.3. The molecule has 0 atom stereocenters. The summed E-state index contributed by atoms with van der Waals surface area (Å²) in [6.45, 7) is 0.862. The van der Waals surface area contributed by atoms with E-state index in [1.165, 1.54) is 29.8 Å². The molecule has 1 heterocycles. The van der Waals surface area contributed by atoms with Gasteiger partial charge in [-0.2, -0.15) is 8.78 Å². The third-order valence-corrected chi connectivity index (χ3v) is 5.76. The van der Waals surface area contributed by atoms with E-state index in [0.717, 1.165) is 31.4 Å². The van der Waals surface area contributed by atoms with Gasteiger partial charge in [0.05, 0.1) is 13.2 Å². The molecule has 2 aromatic carbocycles. The summed E-state index contributed by atoms with van der Waals surface area (Å²) in [5, 5.41) is 2.56. The number of nitrogens with one attached hydrogen (secondary N) is 1. The Bertz CT molecular complexity index is 913.